The molecular formula is C11H12F3N. The van der Waals surface area contributed by atoms with Gasteiger partial charge in [0.2, 0.25) is 0 Å². The van der Waals surface area contributed by atoms with Gasteiger partial charge >= 0.3 is 0 Å². The third-order valence-corrected chi connectivity index (χ3v) is 1.86. The van der Waals surface area contributed by atoms with Crippen LogP contribution in [0.15, 0.2) is 24.3 Å². The van der Waals surface area contributed by atoms with Crippen LogP contribution in [-0.4, -0.2) is 6.54 Å². The quantitative estimate of drug-likeness (QED) is 0.599. The monoisotopic (exact) mass is 215 g/mol. The lowest BCUT2D eigenvalue weighted by Gasteiger charge is -2.06. The maximum atomic E-state index is 12.8. The molecule has 0 unspecified atom stereocenters. The van der Waals surface area contributed by atoms with E-state index in [0.717, 1.165) is 17.7 Å². The lowest BCUT2D eigenvalue weighted by Crippen LogP contribution is -2.03. The van der Waals surface area contributed by atoms with Crippen molar-refractivity contribution in [3.8, 4) is 0 Å². The van der Waals surface area contributed by atoms with Crippen LogP contribution >= 0.6 is 0 Å². The molecule has 1 N–H and O–H groups in total. The van der Waals surface area contributed by atoms with Crippen molar-refractivity contribution in [1.29, 1.82) is 0 Å². The normalized spacial score (nSPS) is 10.1. The third kappa shape index (κ3) is 3.31. The van der Waals surface area contributed by atoms with Gasteiger partial charge in [0.05, 0.1) is 0 Å². The van der Waals surface area contributed by atoms with E-state index in [1.165, 1.54) is 0 Å². The Morgan fingerprint density at radius 1 is 1.27 bits per heavy atom. The summed E-state index contributed by atoms with van der Waals surface area (Å²) < 4.78 is 38.1. The van der Waals surface area contributed by atoms with Crippen molar-refractivity contribution >= 4 is 5.69 Å². The summed E-state index contributed by atoms with van der Waals surface area (Å²) in [4.78, 5) is 0. The summed E-state index contributed by atoms with van der Waals surface area (Å²) in [7, 11) is 0. The molecule has 0 aliphatic carbocycles. The minimum absolute atomic E-state index is 0.229. The van der Waals surface area contributed by atoms with Crippen molar-refractivity contribution in [2.24, 2.45) is 0 Å². The number of nitrogens with one attached hydrogen (secondary N) is 1. The van der Waals surface area contributed by atoms with Gasteiger partial charge in [0, 0.05) is 24.4 Å². The third-order valence-electron chi connectivity index (χ3n) is 1.86. The number of anilines is 1. The molecule has 0 atom stereocenters. The zero-order chi connectivity index (χ0) is 11.4. The first kappa shape index (κ1) is 11.6. The van der Waals surface area contributed by atoms with Crippen molar-refractivity contribution in [3.05, 3.63) is 41.7 Å². The molecule has 0 aliphatic rings. The summed E-state index contributed by atoms with van der Waals surface area (Å²) in [5.41, 5.74) is 1.19. The molecule has 0 amide bonds. The minimum atomic E-state index is -1.44. The van der Waals surface area contributed by atoms with Gasteiger partial charge < -0.3 is 5.32 Å². The lowest BCUT2D eigenvalue weighted by molar-refractivity contribution is 0.447. The number of hydrogen-bond donors (Lipinski definition) is 1. The molecular weight excluding hydrogens is 203 g/mol. The Morgan fingerprint density at radius 3 is 2.27 bits per heavy atom. The fourth-order valence-corrected chi connectivity index (χ4v) is 1.08. The fraction of sp³-hybridized carbons (Fsp3) is 0.273. The Balaban J connectivity index is 2.66. The summed E-state index contributed by atoms with van der Waals surface area (Å²) in [5, 5.41) is 2.78. The summed E-state index contributed by atoms with van der Waals surface area (Å²) in [6, 6.07) is 1.85. The summed E-state index contributed by atoms with van der Waals surface area (Å²) in [5.74, 6) is -3.82. The Morgan fingerprint density at radius 2 is 1.80 bits per heavy atom. The van der Waals surface area contributed by atoms with E-state index in [4.69, 9.17) is 0 Å². The van der Waals surface area contributed by atoms with E-state index in [1.807, 2.05) is 6.92 Å². The molecule has 0 heterocycles. The van der Waals surface area contributed by atoms with Crippen LogP contribution in [-0.2, 0) is 0 Å². The van der Waals surface area contributed by atoms with Crippen LogP contribution in [0.5, 0.6) is 0 Å². The van der Waals surface area contributed by atoms with Crippen molar-refractivity contribution < 1.29 is 13.2 Å². The van der Waals surface area contributed by atoms with Crippen molar-refractivity contribution in [2.75, 3.05) is 11.9 Å². The average Bonchev–Trinajstić information content (AvgIpc) is 2.13. The molecule has 0 saturated heterocycles. The molecule has 0 spiro atoms. The number of halogens is 3. The standard InChI is InChI=1S/C11H12F3N/c1-7(2)3-4-15-8-5-9(12)11(14)10(13)6-8/h5-6,15H,1,3-4H2,2H3. The second-order valence-corrected chi connectivity index (χ2v) is 3.39. The van der Waals surface area contributed by atoms with Crippen LogP contribution in [0, 0.1) is 17.5 Å². The first-order chi connectivity index (χ1) is 7.00. The molecule has 0 aliphatic heterocycles. The highest BCUT2D eigenvalue weighted by atomic mass is 19.2. The van der Waals surface area contributed by atoms with E-state index in [1.54, 1.807) is 0 Å². The highest BCUT2D eigenvalue weighted by molar-refractivity contribution is 5.44. The molecule has 15 heavy (non-hydrogen) atoms. The van der Waals surface area contributed by atoms with E-state index in [2.05, 4.69) is 11.9 Å². The predicted octanol–water partition coefficient (Wildman–Crippen LogP) is 3.48. The van der Waals surface area contributed by atoms with Gasteiger partial charge in [-0.25, -0.2) is 13.2 Å². The van der Waals surface area contributed by atoms with Crippen LogP contribution in [0.1, 0.15) is 13.3 Å². The van der Waals surface area contributed by atoms with Crippen LogP contribution in [0.3, 0.4) is 0 Å². The molecule has 0 saturated carbocycles. The molecule has 82 valence electrons. The van der Waals surface area contributed by atoms with Crippen LogP contribution in [0.2, 0.25) is 0 Å². The molecule has 1 rings (SSSR count). The SMILES string of the molecule is C=C(C)CCNc1cc(F)c(F)c(F)c1. The second-order valence-electron chi connectivity index (χ2n) is 3.39. The van der Waals surface area contributed by atoms with Gasteiger partial charge in [-0.2, -0.15) is 0 Å². The van der Waals surface area contributed by atoms with Crippen molar-refractivity contribution in [3.63, 3.8) is 0 Å². The first-order valence-corrected chi connectivity index (χ1v) is 4.53. The van der Waals surface area contributed by atoms with Gasteiger partial charge in [0.15, 0.2) is 17.5 Å². The van der Waals surface area contributed by atoms with Crippen LogP contribution < -0.4 is 5.32 Å². The number of benzene rings is 1. The van der Waals surface area contributed by atoms with Crippen LogP contribution in [0.25, 0.3) is 0 Å². The first-order valence-electron chi connectivity index (χ1n) is 4.53. The molecule has 0 bridgehead atoms. The van der Waals surface area contributed by atoms with Crippen LogP contribution in [0.4, 0.5) is 18.9 Å². The Kier molecular flexibility index (Phi) is 3.77. The Labute approximate surface area is 86.6 Å². The molecule has 1 aromatic carbocycles. The molecule has 1 nitrogen and oxygen atoms in total. The van der Waals surface area contributed by atoms with Gasteiger partial charge in [-0.05, 0) is 13.3 Å². The van der Waals surface area contributed by atoms with E-state index in [0.29, 0.717) is 13.0 Å². The smallest absolute Gasteiger partial charge is 0.194 e. The molecule has 0 radical (unpaired) electrons. The Bertz CT molecular complexity index is 351. The summed E-state index contributed by atoms with van der Waals surface area (Å²) in [6.07, 6.45) is 0.695. The van der Waals surface area contributed by atoms with Gasteiger partial charge in [0.1, 0.15) is 0 Å². The average molecular weight is 215 g/mol. The molecule has 4 heteroatoms. The molecule has 0 aromatic heterocycles. The second kappa shape index (κ2) is 4.87. The number of hydrogen-bond acceptors (Lipinski definition) is 1. The molecule has 1 aromatic rings. The zero-order valence-electron chi connectivity index (χ0n) is 8.41. The van der Waals surface area contributed by atoms with Gasteiger partial charge in [-0.1, -0.05) is 5.57 Å². The summed E-state index contributed by atoms with van der Waals surface area (Å²) >= 11 is 0. The van der Waals surface area contributed by atoms with Crippen molar-refractivity contribution in [1.82, 2.24) is 0 Å². The Hall–Kier alpha value is -1.45. The lowest BCUT2D eigenvalue weighted by atomic mass is 10.2. The minimum Gasteiger partial charge on any atom is -0.385 e. The highest BCUT2D eigenvalue weighted by Crippen LogP contribution is 2.17. The zero-order valence-corrected chi connectivity index (χ0v) is 8.41. The van der Waals surface area contributed by atoms with Gasteiger partial charge in [0.25, 0.3) is 0 Å². The maximum absolute atomic E-state index is 12.8. The van der Waals surface area contributed by atoms with E-state index >= 15 is 0 Å². The number of rotatable bonds is 4. The van der Waals surface area contributed by atoms with E-state index in [-0.39, 0.29) is 5.69 Å². The van der Waals surface area contributed by atoms with E-state index in [9.17, 15) is 13.2 Å². The van der Waals surface area contributed by atoms with E-state index < -0.39 is 17.5 Å². The maximum Gasteiger partial charge on any atom is 0.194 e. The summed E-state index contributed by atoms with van der Waals surface area (Å²) in [6.45, 7) is 6.06. The predicted molar refractivity (Wildman–Crippen MR) is 54.2 cm³/mol. The molecule has 0 fully saturated rings. The largest absolute Gasteiger partial charge is 0.385 e. The van der Waals surface area contributed by atoms with Gasteiger partial charge in [-0.15, -0.1) is 6.58 Å². The fourth-order valence-electron chi connectivity index (χ4n) is 1.08. The van der Waals surface area contributed by atoms with Gasteiger partial charge in [-0.3, -0.25) is 0 Å². The highest BCUT2D eigenvalue weighted by Gasteiger charge is 2.09. The van der Waals surface area contributed by atoms with Crippen molar-refractivity contribution in [2.45, 2.75) is 13.3 Å². The topological polar surface area (TPSA) is 12.0 Å².